The van der Waals surface area contributed by atoms with E-state index >= 15 is 0 Å². The first-order valence-corrected chi connectivity index (χ1v) is 9.25. The van der Waals surface area contributed by atoms with E-state index in [1.807, 2.05) is 6.07 Å². The molecular formula is C24H19F2N. The highest BCUT2D eigenvalue weighted by Crippen LogP contribution is 2.38. The van der Waals surface area contributed by atoms with Crippen molar-refractivity contribution in [2.24, 2.45) is 0 Å². The molecule has 134 valence electrons. The first-order valence-electron chi connectivity index (χ1n) is 9.25. The Balaban J connectivity index is 1.79. The largest absolute Gasteiger partial charge is 0.206 e. The second-order valence-corrected chi connectivity index (χ2v) is 7.04. The van der Waals surface area contributed by atoms with Crippen molar-refractivity contribution in [3.63, 3.8) is 0 Å². The Morgan fingerprint density at radius 1 is 0.852 bits per heavy atom. The number of hydrogen-bond donors (Lipinski definition) is 0. The quantitative estimate of drug-likeness (QED) is 0.544. The van der Waals surface area contributed by atoms with Crippen LogP contribution >= 0.6 is 0 Å². The molecule has 0 saturated carbocycles. The number of hydrogen-bond acceptors (Lipinski definition) is 1. The van der Waals surface area contributed by atoms with Gasteiger partial charge >= 0.3 is 0 Å². The van der Waals surface area contributed by atoms with Gasteiger partial charge < -0.3 is 0 Å². The third-order valence-electron chi connectivity index (χ3n) is 5.26. The Labute approximate surface area is 157 Å². The maximum atomic E-state index is 14.9. The first kappa shape index (κ1) is 17.4. The second-order valence-electron chi connectivity index (χ2n) is 7.04. The lowest BCUT2D eigenvalue weighted by molar-refractivity contribution is 0.621. The number of fused-ring (bicyclic) bond motifs is 3. The minimum absolute atomic E-state index is 0.0334. The van der Waals surface area contributed by atoms with E-state index in [1.165, 1.54) is 23.3 Å². The van der Waals surface area contributed by atoms with E-state index in [2.05, 4.69) is 25.1 Å². The number of benzene rings is 3. The molecule has 0 heterocycles. The van der Waals surface area contributed by atoms with E-state index < -0.39 is 5.82 Å². The zero-order chi connectivity index (χ0) is 19.0. The van der Waals surface area contributed by atoms with Crippen LogP contribution in [0.5, 0.6) is 0 Å². The van der Waals surface area contributed by atoms with Gasteiger partial charge in [0.1, 0.15) is 17.7 Å². The molecular weight excluding hydrogens is 340 g/mol. The summed E-state index contributed by atoms with van der Waals surface area (Å²) in [5.41, 5.74) is 6.48. The third kappa shape index (κ3) is 3.13. The van der Waals surface area contributed by atoms with E-state index in [0.29, 0.717) is 11.1 Å². The molecule has 1 nitrogen and oxygen atoms in total. The highest BCUT2D eigenvalue weighted by molar-refractivity contribution is 5.78. The first-order chi connectivity index (χ1) is 13.1. The molecule has 0 saturated heterocycles. The monoisotopic (exact) mass is 359 g/mol. The zero-order valence-corrected chi connectivity index (χ0v) is 15.2. The Bertz CT molecular complexity index is 1080. The number of halogens is 2. The molecule has 4 rings (SSSR count). The zero-order valence-electron chi connectivity index (χ0n) is 15.2. The van der Waals surface area contributed by atoms with Gasteiger partial charge in [-0.2, -0.15) is 5.26 Å². The summed E-state index contributed by atoms with van der Waals surface area (Å²) < 4.78 is 28.8. The SMILES string of the molecule is CCCc1ccc2c(c1)CCc1cc(-c3ccc(C#N)c(F)c3)c(F)cc1-2. The van der Waals surface area contributed by atoms with Gasteiger partial charge in [-0.3, -0.25) is 0 Å². The molecule has 0 N–H and O–H groups in total. The average molecular weight is 359 g/mol. The van der Waals surface area contributed by atoms with Gasteiger partial charge in [-0.25, -0.2) is 8.78 Å². The van der Waals surface area contributed by atoms with Crippen LogP contribution in [0.4, 0.5) is 8.78 Å². The van der Waals surface area contributed by atoms with Crippen LogP contribution in [-0.2, 0) is 19.3 Å². The lowest BCUT2D eigenvalue weighted by atomic mass is 9.83. The van der Waals surface area contributed by atoms with Gasteiger partial charge in [0.25, 0.3) is 0 Å². The summed E-state index contributed by atoms with van der Waals surface area (Å²) in [6.07, 6.45) is 3.92. The van der Waals surface area contributed by atoms with Gasteiger partial charge in [0, 0.05) is 5.56 Å². The highest BCUT2D eigenvalue weighted by atomic mass is 19.1. The summed E-state index contributed by atoms with van der Waals surface area (Å²) in [4.78, 5) is 0. The van der Waals surface area contributed by atoms with Crippen LogP contribution in [0, 0.1) is 23.0 Å². The van der Waals surface area contributed by atoms with Gasteiger partial charge in [-0.1, -0.05) is 37.6 Å². The van der Waals surface area contributed by atoms with Gasteiger partial charge in [-0.05, 0) is 76.9 Å². The molecule has 1 aliphatic carbocycles. The lowest BCUT2D eigenvalue weighted by Gasteiger charge is -2.22. The van der Waals surface area contributed by atoms with Crippen LogP contribution in [0.3, 0.4) is 0 Å². The number of aryl methyl sites for hydroxylation is 3. The molecule has 3 heteroatoms. The van der Waals surface area contributed by atoms with Crippen molar-refractivity contribution >= 4 is 0 Å². The van der Waals surface area contributed by atoms with Crippen molar-refractivity contribution in [1.82, 2.24) is 0 Å². The van der Waals surface area contributed by atoms with Crippen molar-refractivity contribution in [1.29, 1.82) is 5.26 Å². The van der Waals surface area contributed by atoms with Crippen molar-refractivity contribution in [3.8, 4) is 28.3 Å². The fourth-order valence-corrected chi connectivity index (χ4v) is 3.90. The molecule has 1 aliphatic rings. The molecule has 0 aromatic heterocycles. The fourth-order valence-electron chi connectivity index (χ4n) is 3.90. The average Bonchev–Trinajstić information content (AvgIpc) is 2.67. The molecule has 0 atom stereocenters. The Kier molecular flexibility index (Phi) is 4.49. The van der Waals surface area contributed by atoms with Crippen molar-refractivity contribution in [2.45, 2.75) is 32.6 Å². The molecule has 3 aromatic carbocycles. The third-order valence-corrected chi connectivity index (χ3v) is 5.26. The molecule has 27 heavy (non-hydrogen) atoms. The van der Waals surface area contributed by atoms with Crippen molar-refractivity contribution in [3.05, 3.63) is 82.4 Å². The normalized spacial score (nSPS) is 12.2. The van der Waals surface area contributed by atoms with E-state index in [4.69, 9.17) is 5.26 Å². The van der Waals surface area contributed by atoms with Crippen LogP contribution in [0.15, 0.2) is 48.5 Å². The minimum atomic E-state index is -0.624. The van der Waals surface area contributed by atoms with Crippen LogP contribution in [-0.4, -0.2) is 0 Å². The molecule has 0 unspecified atom stereocenters. The highest BCUT2D eigenvalue weighted by Gasteiger charge is 2.20. The summed E-state index contributed by atoms with van der Waals surface area (Å²) >= 11 is 0. The molecule has 0 bridgehead atoms. The van der Waals surface area contributed by atoms with E-state index in [9.17, 15) is 8.78 Å². The van der Waals surface area contributed by atoms with Crippen molar-refractivity contribution < 1.29 is 8.78 Å². The van der Waals surface area contributed by atoms with Gasteiger partial charge in [-0.15, -0.1) is 0 Å². The molecule has 0 aliphatic heterocycles. The van der Waals surface area contributed by atoms with E-state index in [-0.39, 0.29) is 11.4 Å². The summed E-state index contributed by atoms with van der Waals surface area (Å²) in [6, 6.07) is 15.9. The Morgan fingerprint density at radius 3 is 2.33 bits per heavy atom. The molecule has 0 radical (unpaired) electrons. The maximum absolute atomic E-state index is 14.9. The predicted molar refractivity (Wildman–Crippen MR) is 103 cm³/mol. The van der Waals surface area contributed by atoms with Gasteiger partial charge in [0.2, 0.25) is 0 Å². The Hall–Kier alpha value is -2.99. The van der Waals surface area contributed by atoms with Crippen LogP contribution in [0.25, 0.3) is 22.3 Å². The number of nitriles is 1. The fraction of sp³-hybridized carbons (Fsp3) is 0.208. The summed E-state index contributed by atoms with van der Waals surface area (Å²) in [5.74, 6) is -0.996. The Morgan fingerprint density at radius 2 is 1.63 bits per heavy atom. The van der Waals surface area contributed by atoms with Crippen LogP contribution in [0.1, 0.15) is 35.6 Å². The minimum Gasteiger partial charge on any atom is -0.206 e. The topological polar surface area (TPSA) is 23.8 Å². The van der Waals surface area contributed by atoms with E-state index in [0.717, 1.165) is 42.4 Å². The van der Waals surface area contributed by atoms with Gasteiger partial charge in [0.05, 0.1) is 5.56 Å². The summed E-state index contributed by atoms with van der Waals surface area (Å²) in [7, 11) is 0. The van der Waals surface area contributed by atoms with Crippen molar-refractivity contribution in [2.75, 3.05) is 0 Å². The lowest BCUT2D eigenvalue weighted by Crippen LogP contribution is -2.06. The summed E-state index contributed by atoms with van der Waals surface area (Å²) in [5, 5.41) is 8.87. The van der Waals surface area contributed by atoms with Crippen LogP contribution in [0.2, 0.25) is 0 Å². The van der Waals surface area contributed by atoms with Gasteiger partial charge in [0.15, 0.2) is 0 Å². The summed E-state index contributed by atoms with van der Waals surface area (Å²) in [6.45, 7) is 2.16. The predicted octanol–water partition coefficient (Wildman–Crippen LogP) is 6.22. The molecule has 0 spiro atoms. The molecule has 0 amide bonds. The maximum Gasteiger partial charge on any atom is 0.141 e. The number of rotatable bonds is 3. The van der Waals surface area contributed by atoms with E-state index in [1.54, 1.807) is 18.2 Å². The smallest absolute Gasteiger partial charge is 0.141 e. The second kappa shape index (κ2) is 6.96. The van der Waals surface area contributed by atoms with Crippen LogP contribution < -0.4 is 0 Å². The molecule has 3 aromatic rings. The standard InChI is InChI=1S/C24H19F2N/c1-2-3-15-4-9-20-16(10-15)5-6-17-11-22(24(26)13-21(17)20)18-7-8-19(14-27)23(25)12-18/h4,7-13H,2-3,5-6H2,1H3. The number of nitrogens with zero attached hydrogens (tertiary/aromatic N) is 1. The molecule has 0 fully saturated rings.